The number of pyridine rings is 1. The maximum absolute atomic E-state index is 6.25. The van der Waals surface area contributed by atoms with Crippen molar-refractivity contribution in [3.8, 4) is 0 Å². The van der Waals surface area contributed by atoms with Gasteiger partial charge in [-0.1, -0.05) is 37.3 Å². The highest BCUT2D eigenvalue weighted by molar-refractivity contribution is 5.31. The summed E-state index contributed by atoms with van der Waals surface area (Å²) in [4.78, 5) is 4.48. The number of rotatable bonds is 3. The second kappa shape index (κ2) is 5.11. The number of hydrogen-bond donors (Lipinski definition) is 1. The normalized spacial score (nSPS) is 12.4. The van der Waals surface area contributed by atoms with Crippen molar-refractivity contribution in [2.24, 2.45) is 5.73 Å². The number of nitrogens with zero attached hydrogens (tertiary/aromatic N) is 1. The summed E-state index contributed by atoms with van der Waals surface area (Å²) in [7, 11) is 0. The standard InChI is InChI=1S/C15H18N2/c1-3-12-7-5-8-13(10-12)15(16)14-9-4-6-11(2)17-14/h4-10,15H,3,16H2,1-2H3. The molecule has 2 N–H and O–H groups in total. The Labute approximate surface area is 103 Å². The van der Waals surface area contributed by atoms with Crippen molar-refractivity contribution in [3.05, 3.63) is 65.0 Å². The third-order valence-electron chi connectivity index (χ3n) is 2.95. The fourth-order valence-electron chi connectivity index (χ4n) is 1.91. The Bertz CT molecular complexity index is 506. The number of benzene rings is 1. The first-order valence-electron chi connectivity index (χ1n) is 5.98. The van der Waals surface area contributed by atoms with E-state index in [0.29, 0.717) is 0 Å². The minimum absolute atomic E-state index is 0.138. The van der Waals surface area contributed by atoms with Gasteiger partial charge in [-0.3, -0.25) is 4.98 Å². The van der Waals surface area contributed by atoms with Crippen molar-refractivity contribution in [1.29, 1.82) is 0 Å². The molecule has 0 aliphatic carbocycles. The van der Waals surface area contributed by atoms with Gasteiger partial charge in [0.15, 0.2) is 0 Å². The van der Waals surface area contributed by atoms with Crippen molar-refractivity contribution in [1.82, 2.24) is 4.98 Å². The topological polar surface area (TPSA) is 38.9 Å². The summed E-state index contributed by atoms with van der Waals surface area (Å²) in [6.07, 6.45) is 1.03. The fraction of sp³-hybridized carbons (Fsp3) is 0.267. The molecule has 1 aromatic carbocycles. The molecular weight excluding hydrogens is 208 g/mol. The Hall–Kier alpha value is -1.67. The minimum atomic E-state index is -0.138. The van der Waals surface area contributed by atoms with Crippen molar-refractivity contribution < 1.29 is 0 Å². The molecule has 0 fully saturated rings. The molecule has 1 heterocycles. The average Bonchev–Trinajstić information content (AvgIpc) is 2.38. The molecule has 0 bridgehead atoms. The second-order valence-electron chi connectivity index (χ2n) is 4.28. The van der Waals surface area contributed by atoms with Crippen LogP contribution in [0.4, 0.5) is 0 Å². The van der Waals surface area contributed by atoms with Crippen LogP contribution in [0.5, 0.6) is 0 Å². The molecule has 1 unspecified atom stereocenters. The van der Waals surface area contributed by atoms with E-state index in [1.54, 1.807) is 0 Å². The molecule has 17 heavy (non-hydrogen) atoms. The molecule has 0 saturated heterocycles. The van der Waals surface area contributed by atoms with Crippen LogP contribution in [-0.2, 0) is 6.42 Å². The van der Waals surface area contributed by atoms with Gasteiger partial charge in [0.2, 0.25) is 0 Å². The zero-order valence-electron chi connectivity index (χ0n) is 10.4. The summed E-state index contributed by atoms with van der Waals surface area (Å²) in [5.41, 5.74) is 10.6. The highest BCUT2D eigenvalue weighted by Crippen LogP contribution is 2.19. The molecule has 88 valence electrons. The average molecular weight is 226 g/mol. The Kier molecular flexibility index (Phi) is 3.55. The summed E-state index contributed by atoms with van der Waals surface area (Å²) < 4.78 is 0. The van der Waals surface area contributed by atoms with E-state index >= 15 is 0 Å². The van der Waals surface area contributed by atoms with E-state index in [0.717, 1.165) is 23.4 Å². The Morgan fingerprint density at radius 2 is 1.94 bits per heavy atom. The van der Waals surface area contributed by atoms with Crippen molar-refractivity contribution in [3.63, 3.8) is 0 Å². The van der Waals surface area contributed by atoms with Crippen molar-refractivity contribution in [2.75, 3.05) is 0 Å². The zero-order valence-corrected chi connectivity index (χ0v) is 10.4. The molecule has 2 aromatic rings. The molecule has 0 amide bonds. The van der Waals surface area contributed by atoms with Crippen molar-refractivity contribution >= 4 is 0 Å². The van der Waals surface area contributed by atoms with Gasteiger partial charge in [0.1, 0.15) is 0 Å². The Morgan fingerprint density at radius 1 is 1.18 bits per heavy atom. The van der Waals surface area contributed by atoms with E-state index in [-0.39, 0.29) is 6.04 Å². The third kappa shape index (κ3) is 2.71. The lowest BCUT2D eigenvalue weighted by Crippen LogP contribution is -2.14. The third-order valence-corrected chi connectivity index (χ3v) is 2.95. The SMILES string of the molecule is CCc1cccc(C(N)c2cccc(C)n2)c1. The molecule has 1 atom stereocenters. The number of aryl methyl sites for hydroxylation is 2. The van der Waals surface area contributed by atoms with Gasteiger partial charge in [-0.25, -0.2) is 0 Å². The van der Waals surface area contributed by atoms with E-state index < -0.39 is 0 Å². The molecular formula is C15H18N2. The maximum Gasteiger partial charge on any atom is 0.0726 e. The Balaban J connectivity index is 2.33. The summed E-state index contributed by atoms with van der Waals surface area (Å²) in [6, 6.07) is 14.2. The van der Waals surface area contributed by atoms with Crippen LogP contribution in [0, 0.1) is 6.92 Å². The van der Waals surface area contributed by atoms with Gasteiger partial charge >= 0.3 is 0 Å². The predicted molar refractivity (Wildman–Crippen MR) is 70.8 cm³/mol. The quantitative estimate of drug-likeness (QED) is 0.873. The molecule has 0 aliphatic rings. The van der Waals surface area contributed by atoms with Crippen LogP contribution in [0.2, 0.25) is 0 Å². The van der Waals surface area contributed by atoms with Crippen LogP contribution in [0.1, 0.15) is 35.5 Å². The monoisotopic (exact) mass is 226 g/mol. The van der Waals surface area contributed by atoms with Crippen LogP contribution < -0.4 is 5.73 Å². The van der Waals surface area contributed by atoms with E-state index in [2.05, 4.69) is 36.2 Å². The van der Waals surface area contributed by atoms with Crippen LogP contribution in [0.25, 0.3) is 0 Å². The van der Waals surface area contributed by atoms with Gasteiger partial charge in [-0.15, -0.1) is 0 Å². The molecule has 1 aromatic heterocycles. The number of aromatic nitrogens is 1. The summed E-state index contributed by atoms with van der Waals surface area (Å²) in [5, 5.41) is 0. The van der Waals surface area contributed by atoms with Crippen LogP contribution >= 0.6 is 0 Å². The largest absolute Gasteiger partial charge is 0.319 e. The van der Waals surface area contributed by atoms with Gasteiger partial charge < -0.3 is 5.73 Å². The molecule has 0 spiro atoms. The molecule has 0 aliphatic heterocycles. The van der Waals surface area contributed by atoms with Gasteiger partial charge in [0.05, 0.1) is 11.7 Å². The molecule has 2 heteroatoms. The van der Waals surface area contributed by atoms with Gasteiger partial charge in [-0.05, 0) is 36.6 Å². The highest BCUT2D eigenvalue weighted by atomic mass is 14.8. The van der Waals surface area contributed by atoms with Crippen LogP contribution in [0.3, 0.4) is 0 Å². The Morgan fingerprint density at radius 3 is 2.65 bits per heavy atom. The van der Waals surface area contributed by atoms with Crippen LogP contribution in [-0.4, -0.2) is 4.98 Å². The minimum Gasteiger partial charge on any atom is -0.319 e. The van der Waals surface area contributed by atoms with Crippen LogP contribution in [0.15, 0.2) is 42.5 Å². The van der Waals surface area contributed by atoms with Gasteiger partial charge in [-0.2, -0.15) is 0 Å². The first-order valence-corrected chi connectivity index (χ1v) is 5.98. The number of nitrogens with two attached hydrogens (primary N) is 1. The lowest BCUT2D eigenvalue weighted by Gasteiger charge is -2.13. The molecule has 0 saturated carbocycles. The molecule has 0 radical (unpaired) electrons. The smallest absolute Gasteiger partial charge is 0.0726 e. The van der Waals surface area contributed by atoms with E-state index in [1.165, 1.54) is 5.56 Å². The van der Waals surface area contributed by atoms with Crippen molar-refractivity contribution in [2.45, 2.75) is 26.3 Å². The molecule has 2 rings (SSSR count). The lowest BCUT2D eigenvalue weighted by atomic mass is 10.0. The highest BCUT2D eigenvalue weighted by Gasteiger charge is 2.10. The maximum atomic E-state index is 6.25. The lowest BCUT2D eigenvalue weighted by molar-refractivity contribution is 0.819. The summed E-state index contributed by atoms with van der Waals surface area (Å²) >= 11 is 0. The van der Waals surface area contributed by atoms with E-state index in [1.807, 2.05) is 25.1 Å². The predicted octanol–water partition coefficient (Wildman–Crippen LogP) is 3.00. The number of hydrogen-bond acceptors (Lipinski definition) is 2. The van der Waals surface area contributed by atoms with E-state index in [4.69, 9.17) is 5.73 Å². The second-order valence-corrected chi connectivity index (χ2v) is 4.28. The first kappa shape index (κ1) is 11.8. The first-order chi connectivity index (χ1) is 8.20. The fourth-order valence-corrected chi connectivity index (χ4v) is 1.91. The van der Waals surface area contributed by atoms with Gasteiger partial charge in [0, 0.05) is 5.69 Å². The summed E-state index contributed by atoms with van der Waals surface area (Å²) in [6.45, 7) is 4.13. The molecule has 2 nitrogen and oxygen atoms in total. The van der Waals surface area contributed by atoms with E-state index in [9.17, 15) is 0 Å². The zero-order chi connectivity index (χ0) is 12.3. The van der Waals surface area contributed by atoms with Gasteiger partial charge in [0.25, 0.3) is 0 Å². The summed E-state index contributed by atoms with van der Waals surface area (Å²) in [5.74, 6) is 0.